The van der Waals surface area contributed by atoms with Gasteiger partial charge in [0.2, 0.25) is 5.91 Å². The Bertz CT molecular complexity index is 472. The summed E-state index contributed by atoms with van der Waals surface area (Å²) >= 11 is 0. The summed E-state index contributed by atoms with van der Waals surface area (Å²) < 4.78 is 0. The molecule has 0 aliphatic carbocycles. The second kappa shape index (κ2) is 6.40. The van der Waals surface area contributed by atoms with E-state index in [9.17, 15) is 4.79 Å². The van der Waals surface area contributed by atoms with E-state index in [1.165, 1.54) is 11.1 Å². The zero-order chi connectivity index (χ0) is 14.7. The highest BCUT2D eigenvalue weighted by atomic mass is 16.2. The minimum absolute atomic E-state index is 0.0221. The van der Waals surface area contributed by atoms with E-state index >= 15 is 0 Å². The predicted octanol–water partition coefficient (Wildman–Crippen LogP) is 3.39. The van der Waals surface area contributed by atoms with Crippen molar-refractivity contribution in [3.05, 3.63) is 35.4 Å². The molecule has 1 heterocycles. The highest BCUT2D eigenvalue weighted by Crippen LogP contribution is 2.30. The van der Waals surface area contributed by atoms with Crippen LogP contribution in [0.2, 0.25) is 0 Å². The number of rotatable bonds is 5. The minimum atomic E-state index is -0.0282. The fraction of sp³-hybridized carbons (Fsp3) is 0.588. The first-order chi connectivity index (χ1) is 9.58. The van der Waals surface area contributed by atoms with Gasteiger partial charge in [0.05, 0.1) is 6.04 Å². The molecule has 0 aromatic heterocycles. The number of amides is 1. The number of carbonyl (C=O) groups excluding carboxylic acids is 1. The van der Waals surface area contributed by atoms with Gasteiger partial charge in [0.25, 0.3) is 0 Å². The van der Waals surface area contributed by atoms with Gasteiger partial charge in [0, 0.05) is 6.04 Å². The predicted molar refractivity (Wildman–Crippen MR) is 82.4 cm³/mol. The van der Waals surface area contributed by atoms with Crippen molar-refractivity contribution in [1.82, 2.24) is 10.2 Å². The van der Waals surface area contributed by atoms with E-state index in [0.29, 0.717) is 0 Å². The van der Waals surface area contributed by atoms with E-state index in [0.717, 1.165) is 19.3 Å². The first-order valence-electron chi connectivity index (χ1n) is 7.73. The van der Waals surface area contributed by atoms with Gasteiger partial charge in [-0.3, -0.25) is 10.1 Å². The Kier molecular flexibility index (Phi) is 4.81. The summed E-state index contributed by atoms with van der Waals surface area (Å²) in [4.78, 5) is 14.7. The number of hydrogen-bond donors (Lipinski definition) is 1. The molecule has 20 heavy (non-hydrogen) atoms. The van der Waals surface area contributed by atoms with E-state index in [2.05, 4.69) is 57.3 Å². The van der Waals surface area contributed by atoms with Crippen LogP contribution < -0.4 is 5.32 Å². The van der Waals surface area contributed by atoms with Crippen LogP contribution in [0.3, 0.4) is 0 Å². The molecule has 3 nitrogen and oxygen atoms in total. The number of aryl methyl sites for hydroxylation is 1. The largest absolute Gasteiger partial charge is 0.319 e. The quantitative estimate of drug-likeness (QED) is 0.892. The van der Waals surface area contributed by atoms with Crippen LogP contribution in [0.1, 0.15) is 57.3 Å². The summed E-state index contributed by atoms with van der Waals surface area (Å²) in [5.74, 6) is 0.257. The van der Waals surface area contributed by atoms with Crippen LogP contribution >= 0.6 is 0 Å². The lowest BCUT2D eigenvalue weighted by Gasteiger charge is -2.30. The number of carbonyl (C=O) groups is 1. The van der Waals surface area contributed by atoms with Crippen molar-refractivity contribution in [3.63, 3.8) is 0 Å². The second-order valence-corrected chi connectivity index (χ2v) is 5.83. The summed E-state index contributed by atoms with van der Waals surface area (Å²) in [5.41, 5.74) is 2.43. The van der Waals surface area contributed by atoms with Crippen molar-refractivity contribution in [2.75, 3.05) is 0 Å². The van der Waals surface area contributed by atoms with Crippen molar-refractivity contribution in [3.8, 4) is 0 Å². The molecule has 1 fully saturated rings. The van der Waals surface area contributed by atoms with Gasteiger partial charge in [-0.1, -0.05) is 50.1 Å². The molecule has 1 aromatic rings. The lowest BCUT2D eigenvalue weighted by atomic mass is 10.1. The van der Waals surface area contributed by atoms with E-state index in [-0.39, 0.29) is 24.2 Å². The number of hydrogen-bond acceptors (Lipinski definition) is 2. The zero-order valence-electron chi connectivity index (χ0n) is 13.0. The Hall–Kier alpha value is -1.35. The van der Waals surface area contributed by atoms with Crippen molar-refractivity contribution < 1.29 is 4.79 Å². The lowest BCUT2D eigenvalue weighted by molar-refractivity contribution is -0.132. The zero-order valence-corrected chi connectivity index (χ0v) is 13.0. The number of nitrogens with zero attached hydrogens (tertiary/aromatic N) is 1. The molecular formula is C17H26N2O. The third-order valence-corrected chi connectivity index (χ3v) is 4.19. The Morgan fingerprint density at radius 2 is 2.10 bits per heavy atom. The fourth-order valence-electron chi connectivity index (χ4n) is 2.91. The summed E-state index contributed by atoms with van der Waals surface area (Å²) in [6.07, 6.45) is 2.94. The average molecular weight is 274 g/mol. The molecule has 1 aromatic carbocycles. The van der Waals surface area contributed by atoms with Gasteiger partial charge >= 0.3 is 0 Å². The monoisotopic (exact) mass is 274 g/mol. The molecule has 1 aliphatic heterocycles. The fourth-order valence-corrected chi connectivity index (χ4v) is 2.91. The third-order valence-electron chi connectivity index (χ3n) is 4.19. The van der Waals surface area contributed by atoms with Crippen molar-refractivity contribution in [2.24, 2.45) is 0 Å². The van der Waals surface area contributed by atoms with Crippen LogP contribution in [-0.4, -0.2) is 22.9 Å². The second-order valence-electron chi connectivity index (χ2n) is 5.83. The highest BCUT2D eigenvalue weighted by molar-refractivity contribution is 5.84. The van der Waals surface area contributed by atoms with Crippen molar-refractivity contribution >= 4 is 5.91 Å². The van der Waals surface area contributed by atoms with Gasteiger partial charge in [-0.15, -0.1) is 0 Å². The smallest absolute Gasteiger partial charge is 0.241 e. The Morgan fingerprint density at radius 3 is 2.70 bits per heavy atom. The van der Waals surface area contributed by atoms with E-state index in [4.69, 9.17) is 0 Å². The Morgan fingerprint density at radius 1 is 1.35 bits per heavy atom. The maximum atomic E-state index is 12.6. The molecule has 0 radical (unpaired) electrons. The van der Waals surface area contributed by atoms with Crippen LogP contribution in [0.4, 0.5) is 0 Å². The molecule has 3 heteroatoms. The van der Waals surface area contributed by atoms with Gasteiger partial charge in [-0.05, 0) is 32.3 Å². The molecule has 1 saturated heterocycles. The van der Waals surface area contributed by atoms with E-state index < -0.39 is 0 Å². The van der Waals surface area contributed by atoms with Gasteiger partial charge in [0.1, 0.15) is 6.17 Å². The van der Waals surface area contributed by atoms with Gasteiger partial charge in [0.15, 0.2) is 0 Å². The van der Waals surface area contributed by atoms with E-state index in [1.54, 1.807) is 0 Å². The van der Waals surface area contributed by atoms with Gasteiger partial charge in [-0.25, -0.2) is 0 Å². The first-order valence-corrected chi connectivity index (χ1v) is 7.73. The topological polar surface area (TPSA) is 32.3 Å². The van der Waals surface area contributed by atoms with E-state index in [1.807, 2.05) is 4.90 Å². The maximum Gasteiger partial charge on any atom is 0.241 e. The third kappa shape index (κ3) is 2.88. The molecule has 3 atom stereocenters. The van der Waals surface area contributed by atoms with Crippen LogP contribution in [0, 0.1) is 6.92 Å². The van der Waals surface area contributed by atoms with Crippen LogP contribution in [0.25, 0.3) is 0 Å². The standard InChI is InChI=1S/C17H26N2O/c1-5-8-15-17(20)19(13(4)6-2)16(18-15)14-10-7-9-12(3)11-14/h7,9-11,13,15-16,18H,5-6,8H2,1-4H3. The first kappa shape index (κ1) is 15.0. The normalized spacial score (nSPS) is 24.2. The average Bonchev–Trinajstić information content (AvgIpc) is 2.76. The summed E-state index contributed by atoms with van der Waals surface area (Å²) in [5, 5.41) is 3.53. The molecule has 3 unspecified atom stereocenters. The highest BCUT2D eigenvalue weighted by Gasteiger charge is 2.40. The SMILES string of the molecule is CCCC1NC(c2cccc(C)c2)N(C(C)CC)C1=O. The molecular weight excluding hydrogens is 248 g/mol. The summed E-state index contributed by atoms with van der Waals surface area (Å²) in [7, 11) is 0. The number of nitrogens with one attached hydrogen (secondary N) is 1. The summed E-state index contributed by atoms with van der Waals surface area (Å²) in [6, 6.07) is 8.69. The summed E-state index contributed by atoms with van der Waals surface area (Å²) in [6.45, 7) is 8.50. The molecule has 1 amide bonds. The Labute approximate surface area is 122 Å². The number of benzene rings is 1. The maximum absolute atomic E-state index is 12.6. The van der Waals surface area contributed by atoms with Gasteiger partial charge < -0.3 is 4.90 Å². The molecule has 0 bridgehead atoms. The molecule has 1 N–H and O–H groups in total. The van der Waals surface area contributed by atoms with Crippen LogP contribution in [-0.2, 0) is 4.79 Å². The molecule has 110 valence electrons. The van der Waals surface area contributed by atoms with Gasteiger partial charge in [-0.2, -0.15) is 0 Å². The van der Waals surface area contributed by atoms with Crippen LogP contribution in [0.15, 0.2) is 24.3 Å². The van der Waals surface area contributed by atoms with Crippen LogP contribution in [0.5, 0.6) is 0 Å². The van der Waals surface area contributed by atoms with Crippen molar-refractivity contribution in [2.45, 2.75) is 65.2 Å². The molecule has 0 saturated carbocycles. The Balaban J connectivity index is 2.31. The molecule has 0 spiro atoms. The molecule has 2 rings (SSSR count). The van der Waals surface area contributed by atoms with Crippen molar-refractivity contribution in [1.29, 1.82) is 0 Å². The molecule has 1 aliphatic rings. The minimum Gasteiger partial charge on any atom is -0.319 e. The lowest BCUT2D eigenvalue weighted by Crippen LogP contribution is -2.38.